The lowest BCUT2D eigenvalue weighted by Crippen LogP contribution is -2.35. The van der Waals surface area contributed by atoms with E-state index in [1.54, 1.807) is 0 Å². The molecule has 0 saturated heterocycles. The average molecular weight is 249 g/mol. The Kier molecular flexibility index (Phi) is 3.82. The van der Waals surface area contributed by atoms with Crippen LogP contribution in [0.15, 0.2) is 0 Å². The molecule has 0 radical (unpaired) electrons. The molecule has 0 aliphatic heterocycles. The number of hydrogen-bond donors (Lipinski definition) is 1. The summed E-state index contributed by atoms with van der Waals surface area (Å²) in [6, 6.07) is 0. The smallest absolute Gasteiger partial charge is 0.247 e. The SMILES string of the molecule is Cc1nc(C)c(CNS(=O)(=O)N(C)C)s1. The molecule has 15 heavy (non-hydrogen) atoms. The highest BCUT2D eigenvalue weighted by Gasteiger charge is 2.14. The first-order valence-electron chi connectivity index (χ1n) is 4.43. The van der Waals surface area contributed by atoms with E-state index in [9.17, 15) is 8.42 Å². The van der Waals surface area contributed by atoms with Gasteiger partial charge in [0.25, 0.3) is 10.2 Å². The molecule has 1 aromatic rings. The van der Waals surface area contributed by atoms with Crippen molar-refractivity contribution in [1.82, 2.24) is 14.0 Å². The zero-order chi connectivity index (χ0) is 11.6. The number of hydrogen-bond acceptors (Lipinski definition) is 4. The second-order valence-electron chi connectivity index (χ2n) is 3.35. The predicted molar refractivity (Wildman–Crippen MR) is 61.0 cm³/mol. The third-order valence-corrected chi connectivity index (χ3v) is 4.44. The van der Waals surface area contributed by atoms with Gasteiger partial charge < -0.3 is 0 Å². The van der Waals surface area contributed by atoms with Crippen LogP contribution in [-0.4, -0.2) is 31.8 Å². The van der Waals surface area contributed by atoms with Gasteiger partial charge in [0.1, 0.15) is 0 Å². The maximum absolute atomic E-state index is 11.4. The lowest BCUT2D eigenvalue weighted by molar-refractivity contribution is 0.505. The molecule has 7 heteroatoms. The number of aryl methyl sites for hydroxylation is 2. The summed E-state index contributed by atoms with van der Waals surface area (Å²) in [5.41, 5.74) is 0.888. The predicted octanol–water partition coefficient (Wildman–Crippen LogP) is 0.656. The molecule has 5 nitrogen and oxygen atoms in total. The molecule has 0 aliphatic rings. The summed E-state index contributed by atoms with van der Waals surface area (Å²) in [5.74, 6) is 0. The Bertz CT molecular complexity index is 437. The number of thiazole rings is 1. The van der Waals surface area contributed by atoms with Crippen LogP contribution in [0.5, 0.6) is 0 Å². The highest BCUT2D eigenvalue weighted by molar-refractivity contribution is 7.87. The second kappa shape index (κ2) is 4.56. The summed E-state index contributed by atoms with van der Waals surface area (Å²) in [6.45, 7) is 4.09. The van der Waals surface area contributed by atoms with E-state index >= 15 is 0 Å². The summed E-state index contributed by atoms with van der Waals surface area (Å²) in [7, 11) is -0.355. The fourth-order valence-electron chi connectivity index (χ4n) is 1.02. The van der Waals surface area contributed by atoms with Crippen LogP contribution >= 0.6 is 11.3 Å². The van der Waals surface area contributed by atoms with E-state index in [4.69, 9.17) is 0 Å². The van der Waals surface area contributed by atoms with E-state index in [0.717, 1.165) is 19.9 Å². The molecule has 0 saturated carbocycles. The van der Waals surface area contributed by atoms with Crippen LogP contribution in [0.4, 0.5) is 0 Å². The topological polar surface area (TPSA) is 62.3 Å². The minimum Gasteiger partial charge on any atom is -0.247 e. The van der Waals surface area contributed by atoms with E-state index in [2.05, 4.69) is 9.71 Å². The van der Waals surface area contributed by atoms with Crippen LogP contribution in [0.3, 0.4) is 0 Å². The summed E-state index contributed by atoms with van der Waals surface area (Å²) < 4.78 is 26.5. The van der Waals surface area contributed by atoms with Crippen molar-refractivity contribution in [2.24, 2.45) is 0 Å². The second-order valence-corrected chi connectivity index (χ2v) is 6.61. The molecule has 0 aliphatic carbocycles. The van der Waals surface area contributed by atoms with Gasteiger partial charge in [-0.2, -0.15) is 17.4 Å². The summed E-state index contributed by atoms with van der Waals surface area (Å²) in [5, 5.41) is 0.951. The van der Waals surface area contributed by atoms with Gasteiger partial charge >= 0.3 is 0 Å². The van der Waals surface area contributed by atoms with E-state index in [-0.39, 0.29) is 0 Å². The lowest BCUT2D eigenvalue weighted by Gasteiger charge is -2.11. The normalized spacial score (nSPS) is 12.3. The molecule has 0 amide bonds. The van der Waals surface area contributed by atoms with Gasteiger partial charge in [-0.3, -0.25) is 0 Å². The quantitative estimate of drug-likeness (QED) is 0.852. The van der Waals surface area contributed by atoms with Gasteiger partial charge in [0.2, 0.25) is 0 Å². The molecule has 0 atom stereocenters. The van der Waals surface area contributed by atoms with Crippen molar-refractivity contribution in [3.63, 3.8) is 0 Å². The van der Waals surface area contributed by atoms with Crippen LogP contribution < -0.4 is 4.72 Å². The number of aromatic nitrogens is 1. The molecule has 0 aromatic carbocycles. The Morgan fingerprint density at radius 3 is 2.40 bits per heavy atom. The van der Waals surface area contributed by atoms with Gasteiger partial charge in [-0.1, -0.05) is 0 Å². The molecular weight excluding hydrogens is 234 g/mol. The summed E-state index contributed by atoms with van der Waals surface area (Å²) in [4.78, 5) is 5.18. The molecule has 1 rings (SSSR count). The first-order valence-corrected chi connectivity index (χ1v) is 6.68. The highest BCUT2D eigenvalue weighted by Crippen LogP contribution is 2.16. The van der Waals surface area contributed by atoms with E-state index < -0.39 is 10.2 Å². The fraction of sp³-hybridized carbons (Fsp3) is 0.625. The molecule has 0 spiro atoms. The van der Waals surface area contributed by atoms with Crippen molar-refractivity contribution in [3.8, 4) is 0 Å². The Labute approximate surface area is 94.3 Å². The van der Waals surface area contributed by atoms with Crippen molar-refractivity contribution in [1.29, 1.82) is 0 Å². The monoisotopic (exact) mass is 249 g/mol. The van der Waals surface area contributed by atoms with Gasteiger partial charge in [-0.15, -0.1) is 11.3 Å². The van der Waals surface area contributed by atoms with Crippen LogP contribution in [-0.2, 0) is 16.8 Å². The fourth-order valence-corrected chi connectivity index (χ4v) is 2.58. The first-order chi connectivity index (χ1) is 6.83. The van der Waals surface area contributed by atoms with Gasteiger partial charge in [0.15, 0.2) is 0 Å². The van der Waals surface area contributed by atoms with Gasteiger partial charge in [-0.25, -0.2) is 4.98 Å². The van der Waals surface area contributed by atoms with Crippen LogP contribution in [0.25, 0.3) is 0 Å². The molecule has 0 bridgehead atoms. The van der Waals surface area contributed by atoms with E-state index in [1.807, 2.05) is 13.8 Å². The maximum atomic E-state index is 11.4. The van der Waals surface area contributed by atoms with Crippen LogP contribution in [0, 0.1) is 13.8 Å². The Hall–Kier alpha value is -0.500. The summed E-state index contributed by atoms with van der Waals surface area (Å²) >= 11 is 1.51. The minimum absolute atomic E-state index is 0.303. The molecule has 0 unspecified atom stereocenters. The van der Waals surface area contributed by atoms with Crippen LogP contribution in [0.2, 0.25) is 0 Å². The van der Waals surface area contributed by atoms with E-state index in [1.165, 1.54) is 25.4 Å². The standard InChI is InChI=1S/C8H15N3O2S2/c1-6-8(14-7(2)10-6)5-9-15(12,13)11(3)4/h9H,5H2,1-4H3. The summed E-state index contributed by atoms with van der Waals surface area (Å²) in [6.07, 6.45) is 0. The van der Waals surface area contributed by atoms with Crippen molar-refractivity contribution in [2.75, 3.05) is 14.1 Å². The molecule has 1 N–H and O–H groups in total. The Morgan fingerprint density at radius 1 is 1.40 bits per heavy atom. The zero-order valence-electron chi connectivity index (χ0n) is 9.23. The molecular formula is C8H15N3O2S2. The Balaban J connectivity index is 2.70. The van der Waals surface area contributed by atoms with E-state index in [0.29, 0.717) is 6.54 Å². The van der Waals surface area contributed by atoms with Gasteiger partial charge in [0, 0.05) is 25.5 Å². The van der Waals surface area contributed by atoms with Gasteiger partial charge in [-0.05, 0) is 13.8 Å². The van der Waals surface area contributed by atoms with Gasteiger partial charge in [0.05, 0.1) is 10.7 Å². The number of rotatable bonds is 4. The van der Waals surface area contributed by atoms with Crippen LogP contribution in [0.1, 0.15) is 15.6 Å². The molecule has 1 heterocycles. The van der Waals surface area contributed by atoms with Crippen molar-refractivity contribution >= 4 is 21.5 Å². The minimum atomic E-state index is -3.34. The molecule has 86 valence electrons. The van der Waals surface area contributed by atoms with Crippen molar-refractivity contribution in [2.45, 2.75) is 20.4 Å². The number of nitrogens with zero attached hydrogens (tertiary/aromatic N) is 2. The van der Waals surface area contributed by atoms with Crippen molar-refractivity contribution in [3.05, 3.63) is 15.6 Å². The largest absolute Gasteiger partial charge is 0.279 e. The maximum Gasteiger partial charge on any atom is 0.279 e. The zero-order valence-corrected chi connectivity index (χ0v) is 10.9. The molecule has 0 fully saturated rings. The highest BCUT2D eigenvalue weighted by atomic mass is 32.2. The van der Waals surface area contributed by atoms with Crippen molar-refractivity contribution < 1.29 is 8.42 Å². The first kappa shape index (κ1) is 12.6. The average Bonchev–Trinajstić information content (AvgIpc) is 2.41. The Morgan fingerprint density at radius 2 is 2.00 bits per heavy atom. The lowest BCUT2D eigenvalue weighted by atomic mass is 10.4. The molecule has 1 aromatic heterocycles. The third kappa shape index (κ3) is 3.23. The third-order valence-electron chi connectivity index (χ3n) is 1.90. The number of nitrogens with one attached hydrogen (secondary N) is 1.